The van der Waals surface area contributed by atoms with Crippen molar-refractivity contribution >= 4 is 5.91 Å². The lowest BCUT2D eigenvalue weighted by Gasteiger charge is -2.13. The maximum absolute atomic E-state index is 11.0. The predicted octanol–water partition coefficient (Wildman–Crippen LogP) is 1.24. The second-order valence-corrected chi connectivity index (χ2v) is 4.32. The monoisotopic (exact) mass is 223 g/mol. The third-order valence-electron chi connectivity index (χ3n) is 2.95. The van der Waals surface area contributed by atoms with Crippen molar-refractivity contribution in [3.8, 4) is 0 Å². The molecule has 2 rings (SSSR count). The second-order valence-electron chi connectivity index (χ2n) is 4.32. The van der Waals surface area contributed by atoms with E-state index in [1.807, 2.05) is 12.1 Å². The summed E-state index contributed by atoms with van der Waals surface area (Å²) in [6, 6.07) is 3.93. The maximum atomic E-state index is 11.0. The summed E-state index contributed by atoms with van der Waals surface area (Å²) in [5, 5.41) is 12.7. The van der Waals surface area contributed by atoms with E-state index in [2.05, 4.69) is 5.32 Å². The molecule has 2 heterocycles. The van der Waals surface area contributed by atoms with Gasteiger partial charge in [0.1, 0.15) is 5.76 Å². The molecule has 0 aliphatic carbocycles. The van der Waals surface area contributed by atoms with Gasteiger partial charge < -0.3 is 14.8 Å². The third-order valence-corrected chi connectivity index (χ3v) is 2.95. The number of amides is 1. The van der Waals surface area contributed by atoms with Crippen molar-refractivity contribution in [2.24, 2.45) is 0 Å². The summed E-state index contributed by atoms with van der Waals surface area (Å²) in [5.74, 6) is 0.938. The minimum absolute atomic E-state index is 0.130. The lowest BCUT2D eigenvalue weighted by Crippen LogP contribution is -2.26. The van der Waals surface area contributed by atoms with Crippen LogP contribution in [0.5, 0.6) is 0 Å². The smallest absolute Gasteiger partial charge is 0.220 e. The molecule has 0 radical (unpaired) electrons. The Hall–Kier alpha value is -1.29. The molecule has 4 heteroatoms. The first kappa shape index (κ1) is 11.2. The van der Waals surface area contributed by atoms with Crippen LogP contribution in [0.15, 0.2) is 22.8 Å². The van der Waals surface area contributed by atoms with E-state index in [0.29, 0.717) is 19.3 Å². The molecule has 1 saturated heterocycles. The van der Waals surface area contributed by atoms with Gasteiger partial charge in [0.25, 0.3) is 0 Å². The predicted molar refractivity (Wildman–Crippen MR) is 58.8 cm³/mol. The second kappa shape index (κ2) is 5.16. The van der Waals surface area contributed by atoms with Gasteiger partial charge in [-0.1, -0.05) is 0 Å². The average molecular weight is 223 g/mol. The highest BCUT2D eigenvalue weighted by atomic mass is 16.3. The largest absolute Gasteiger partial charge is 0.469 e. The molecule has 1 aliphatic heterocycles. The van der Waals surface area contributed by atoms with Crippen molar-refractivity contribution in [3.05, 3.63) is 24.2 Å². The van der Waals surface area contributed by atoms with Crippen LogP contribution in [0.4, 0.5) is 0 Å². The van der Waals surface area contributed by atoms with Gasteiger partial charge in [0.05, 0.1) is 12.4 Å². The molecule has 16 heavy (non-hydrogen) atoms. The van der Waals surface area contributed by atoms with Crippen molar-refractivity contribution in [1.82, 2.24) is 5.32 Å². The molecular formula is C12H17NO3. The first-order valence-electron chi connectivity index (χ1n) is 5.74. The summed E-state index contributed by atoms with van der Waals surface area (Å²) < 4.78 is 5.16. The van der Waals surface area contributed by atoms with Gasteiger partial charge in [-0.3, -0.25) is 4.79 Å². The summed E-state index contributed by atoms with van der Waals surface area (Å²) in [6.07, 6.45) is 4.83. The lowest BCUT2D eigenvalue weighted by molar-refractivity contribution is -0.119. The molecule has 0 spiro atoms. The fraction of sp³-hybridized carbons (Fsp3) is 0.583. The van der Waals surface area contributed by atoms with E-state index in [1.54, 1.807) is 6.26 Å². The Balaban J connectivity index is 1.68. The molecule has 1 fully saturated rings. The molecule has 1 aromatic rings. The van der Waals surface area contributed by atoms with E-state index in [4.69, 9.17) is 4.42 Å². The summed E-state index contributed by atoms with van der Waals surface area (Å²) >= 11 is 0. The molecule has 1 aromatic heterocycles. The average Bonchev–Trinajstić information content (AvgIpc) is 2.87. The Bertz CT molecular complexity index is 334. The SMILES string of the molecule is O=C1CC[C@H](CCC(O)Cc2ccco2)N1. The van der Waals surface area contributed by atoms with Crippen molar-refractivity contribution in [2.45, 2.75) is 44.2 Å². The fourth-order valence-electron chi connectivity index (χ4n) is 2.05. The highest BCUT2D eigenvalue weighted by Gasteiger charge is 2.21. The number of hydrogen-bond donors (Lipinski definition) is 2. The molecular weight excluding hydrogens is 206 g/mol. The molecule has 1 unspecified atom stereocenters. The van der Waals surface area contributed by atoms with Gasteiger partial charge in [-0.2, -0.15) is 0 Å². The Morgan fingerprint density at radius 3 is 3.12 bits per heavy atom. The van der Waals surface area contributed by atoms with Gasteiger partial charge in [-0.15, -0.1) is 0 Å². The molecule has 2 N–H and O–H groups in total. The molecule has 1 aliphatic rings. The van der Waals surface area contributed by atoms with Crippen LogP contribution in [0.2, 0.25) is 0 Å². The summed E-state index contributed by atoms with van der Waals surface area (Å²) in [7, 11) is 0. The van der Waals surface area contributed by atoms with Crippen LogP contribution in [0.25, 0.3) is 0 Å². The van der Waals surface area contributed by atoms with E-state index < -0.39 is 0 Å². The topological polar surface area (TPSA) is 62.5 Å². The zero-order chi connectivity index (χ0) is 11.4. The van der Waals surface area contributed by atoms with Crippen LogP contribution in [-0.2, 0) is 11.2 Å². The van der Waals surface area contributed by atoms with Gasteiger partial charge in [0, 0.05) is 18.9 Å². The molecule has 2 atom stereocenters. The van der Waals surface area contributed by atoms with Crippen molar-refractivity contribution in [1.29, 1.82) is 0 Å². The number of rotatable bonds is 5. The molecule has 88 valence electrons. The van der Waals surface area contributed by atoms with E-state index in [0.717, 1.165) is 18.6 Å². The first-order valence-corrected chi connectivity index (χ1v) is 5.74. The van der Waals surface area contributed by atoms with E-state index in [1.165, 1.54) is 0 Å². The fourth-order valence-corrected chi connectivity index (χ4v) is 2.05. The molecule has 0 aromatic carbocycles. The first-order chi connectivity index (χ1) is 7.74. The van der Waals surface area contributed by atoms with E-state index in [9.17, 15) is 9.90 Å². The highest BCUT2D eigenvalue weighted by Crippen LogP contribution is 2.15. The highest BCUT2D eigenvalue weighted by molar-refractivity contribution is 5.78. The van der Waals surface area contributed by atoms with Crippen molar-refractivity contribution in [3.63, 3.8) is 0 Å². The Labute approximate surface area is 94.6 Å². The number of aliphatic hydroxyl groups excluding tert-OH is 1. The summed E-state index contributed by atoms with van der Waals surface area (Å²) in [5.41, 5.74) is 0. The van der Waals surface area contributed by atoms with Crippen LogP contribution in [0.1, 0.15) is 31.4 Å². The minimum atomic E-state index is -0.386. The zero-order valence-corrected chi connectivity index (χ0v) is 9.19. The Morgan fingerprint density at radius 1 is 1.62 bits per heavy atom. The van der Waals surface area contributed by atoms with E-state index >= 15 is 0 Å². The number of carbonyl (C=O) groups is 1. The van der Waals surface area contributed by atoms with Gasteiger partial charge in [0.2, 0.25) is 5.91 Å². The van der Waals surface area contributed by atoms with Gasteiger partial charge in [-0.25, -0.2) is 0 Å². The van der Waals surface area contributed by atoms with E-state index in [-0.39, 0.29) is 18.1 Å². The Morgan fingerprint density at radius 2 is 2.50 bits per heavy atom. The van der Waals surface area contributed by atoms with Crippen LogP contribution < -0.4 is 5.32 Å². The van der Waals surface area contributed by atoms with Gasteiger partial charge in [0.15, 0.2) is 0 Å². The minimum Gasteiger partial charge on any atom is -0.469 e. The normalized spacial score (nSPS) is 22.1. The number of carbonyl (C=O) groups excluding carboxylic acids is 1. The number of nitrogens with one attached hydrogen (secondary N) is 1. The molecule has 0 saturated carbocycles. The standard InChI is InChI=1S/C12H17NO3/c14-10(8-11-2-1-7-16-11)5-3-9-4-6-12(15)13-9/h1-2,7,9-10,14H,3-6,8H2,(H,13,15)/t9-,10?/m0/s1. The van der Waals surface area contributed by atoms with Gasteiger partial charge in [-0.05, 0) is 31.4 Å². The van der Waals surface area contributed by atoms with Crippen LogP contribution >= 0.6 is 0 Å². The third kappa shape index (κ3) is 3.10. The van der Waals surface area contributed by atoms with Crippen LogP contribution in [-0.4, -0.2) is 23.2 Å². The molecule has 4 nitrogen and oxygen atoms in total. The van der Waals surface area contributed by atoms with Gasteiger partial charge >= 0.3 is 0 Å². The Kier molecular flexibility index (Phi) is 3.62. The number of aliphatic hydroxyl groups is 1. The number of furan rings is 1. The maximum Gasteiger partial charge on any atom is 0.220 e. The van der Waals surface area contributed by atoms with Crippen molar-refractivity contribution in [2.75, 3.05) is 0 Å². The van der Waals surface area contributed by atoms with Crippen molar-refractivity contribution < 1.29 is 14.3 Å². The quantitative estimate of drug-likeness (QED) is 0.789. The van der Waals surface area contributed by atoms with Crippen LogP contribution in [0, 0.1) is 0 Å². The lowest BCUT2D eigenvalue weighted by atomic mass is 10.0. The number of hydrogen-bond acceptors (Lipinski definition) is 3. The van der Waals surface area contributed by atoms with Crippen LogP contribution in [0.3, 0.4) is 0 Å². The summed E-state index contributed by atoms with van der Waals surface area (Å²) in [6.45, 7) is 0. The summed E-state index contributed by atoms with van der Waals surface area (Å²) in [4.78, 5) is 11.0. The molecule has 0 bridgehead atoms. The zero-order valence-electron chi connectivity index (χ0n) is 9.19. The molecule has 1 amide bonds.